The molecule has 3 heteroatoms. The lowest BCUT2D eigenvalue weighted by Gasteiger charge is -2.23. The lowest BCUT2D eigenvalue weighted by molar-refractivity contribution is 0.413. The highest BCUT2D eigenvalue weighted by atomic mass is 19.1. The number of benzene rings is 2. The zero-order valence-corrected chi connectivity index (χ0v) is 12.8. The largest absolute Gasteiger partial charge is 0.497 e. The fourth-order valence-corrected chi connectivity index (χ4v) is 2.44. The second-order valence-electron chi connectivity index (χ2n) is 5.17. The van der Waals surface area contributed by atoms with Crippen LogP contribution < -0.4 is 10.1 Å². The summed E-state index contributed by atoms with van der Waals surface area (Å²) in [6, 6.07) is 15.2. The molecular formula is C18H22FNO. The summed E-state index contributed by atoms with van der Waals surface area (Å²) < 4.78 is 18.2. The molecule has 0 aliphatic carbocycles. The first-order valence-electron chi connectivity index (χ1n) is 7.29. The topological polar surface area (TPSA) is 21.3 Å². The summed E-state index contributed by atoms with van der Waals surface area (Å²) in [6.45, 7) is 4.25. The third kappa shape index (κ3) is 4.05. The molecule has 0 saturated carbocycles. The smallest absolute Gasteiger partial charge is 0.123 e. The van der Waals surface area contributed by atoms with Gasteiger partial charge < -0.3 is 10.1 Å². The number of ether oxygens (including phenoxy) is 1. The minimum Gasteiger partial charge on any atom is -0.497 e. The van der Waals surface area contributed by atoms with E-state index in [0.717, 1.165) is 17.7 Å². The minimum absolute atomic E-state index is 0.164. The van der Waals surface area contributed by atoms with Crippen LogP contribution >= 0.6 is 0 Å². The Bertz CT molecular complexity index is 550. The third-order valence-corrected chi connectivity index (χ3v) is 3.75. The van der Waals surface area contributed by atoms with Crippen LogP contribution in [0.4, 0.5) is 4.39 Å². The molecule has 0 aromatic heterocycles. The van der Waals surface area contributed by atoms with Gasteiger partial charge in [-0.25, -0.2) is 4.39 Å². The van der Waals surface area contributed by atoms with Crippen molar-refractivity contribution in [2.45, 2.75) is 32.4 Å². The maximum absolute atomic E-state index is 13.0. The van der Waals surface area contributed by atoms with Gasteiger partial charge in [0, 0.05) is 12.1 Å². The highest BCUT2D eigenvalue weighted by Gasteiger charge is 2.14. The Kier molecular flexibility index (Phi) is 5.34. The summed E-state index contributed by atoms with van der Waals surface area (Å²) in [5.74, 6) is 0.660. The molecule has 0 saturated heterocycles. The summed E-state index contributed by atoms with van der Waals surface area (Å²) in [5.41, 5.74) is 2.32. The quantitative estimate of drug-likeness (QED) is 0.836. The Hall–Kier alpha value is -1.87. The molecule has 2 aromatic carbocycles. The SMILES string of the molecule is CCC(N[C@@H](C)c1ccc(F)cc1)c1ccc(OC)cc1. The minimum atomic E-state index is -0.201. The second kappa shape index (κ2) is 7.23. The van der Waals surface area contributed by atoms with Gasteiger partial charge in [0.1, 0.15) is 11.6 Å². The van der Waals surface area contributed by atoms with Crippen molar-refractivity contribution < 1.29 is 9.13 Å². The van der Waals surface area contributed by atoms with E-state index in [9.17, 15) is 4.39 Å². The number of nitrogens with one attached hydrogen (secondary N) is 1. The van der Waals surface area contributed by atoms with E-state index in [4.69, 9.17) is 4.74 Å². The number of hydrogen-bond acceptors (Lipinski definition) is 2. The van der Waals surface area contributed by atoms with Gasteiger partial charge in [0.05, 0.1) is 7.11 Å². The van der Waals surface area contributed by atoms with Gasteiger partial charge in [0.2, 0.25) is 0 Å². The molecule has 2 nitrogen and oxygen atoms in total. The number of rotatable bonds is 6. The van der Waals surface area contributed by atoms with E-state index < -0.39 is 0 Å². The fourth-order valence-electron chi connectivity index (χ4n) is 2.44. The van der Waals surface area contributed by atoms with Crippen molar-refractivity contribution in [1.82, 2.24) is 5.32 Å². The zero-order chi connectivity index (χ0) is 15.2. The monoisotopic (exact) mass is 287 g/mol. The summed E-state index contributed by atoms with van der Waals surface area (Å²) in [7, 11) is 1.67. The Morgan fingerprint density at radius 1 is 1.00 bits per heavy atom. The molecule has 0 heterocycles. The standard InChI is InChI=1S/C18H22FNO/c1-4-18(15-7-11-17(21-3)12-8-15)20-13(2)14-5-9-16(19)10-6-14/h5-13,18,20H,4H2,1-3H3/t13-,18?/m0/s1. The van der Waals surface area contributed by atoms with Crippen molar-refractivity contribution in [1.29, 1.82) is 0 Å². The van der Waals surface area contributed by atoms with E-state index in [1.165, 1.54) is 17.7 Å². The van der Waals surface area contributed by atoms with Crippen LogP contribution in [0.2, 0.25) is 0 Å². The number of halogens is 1. The van der Waals surface area contributed by atoms with Gasteiger partial charge in [0.15, 0.2) is 0 Å². The van der Waals surface area contributed by atoms with Gasteiger partial charge in [-0.15, -0.1) is 0 Å². The lowest BCUT2D eigenvalue weighted by atomic mass is 10.0. The summed E-state index contributed by atoms with van der Waals surface area (Å²) in [5, 5.41) is 3.59. The third-order valence-electron chi connectivity index (χ3n) is 3.75. The maximum Gasteiger partial charge on any atom is 0.123 e. The first-order valence-corrected chi connectivity index (χ1v) is 7.29. The Labute approximate surface area is 126 Å². The van der Waals surface area contributed by atoms with Crippen LogP contribution in [0, 0.1) is 5.82 Å². The summed E-state index contributed by atoms with van der Waals surface area (Å²) in [6.07, 6.45) is 0.984. The number of hydrogen-bond donors (Lipinski definition) is 1. The van der Waals surface area contributed by atoms with E-state index >= 15 is 0 Å². The molecule has 0 aliphatic rings. The molecule has 0 fully saturated rings. The highest BCUT2D eigenvalue weighted by molar-refractivity contribution is 5.29. The van der Waals surface area contributed by atoms with Crippen molar-refractivity contribution in [2.75, 3.05) is 7.11 Å². The Balaban J connectivity index is 2.08. The molecule has 1 unspecified atom stereocenters. The molecule has 1 N–H and O–H groups in total. The van der Waals surface area contributed by atoms with E-state index in [2.05, 4.69) is 31.3 Å². The Morgan fingerprint density at radius 2 is 1.57 bits per heavy atom. The number of methoxy groups -OCH3 is 1. The first kappa shape index (κ1) is 15.5. The molecule has 112 valence electrons. The molecule has 0 amide bonds. The van der Waals surface area contributed by atoms with Crippen molar-refractivity contribution in [3.8, 4) is 5.75 Å². The molecular weight excluding hydrogens is 265 g/mol. The van der Waals surface area contributed by atoms with Crippen LogP contribution in [0.5, 0.6) is 5.75 Å². The highest BCUT2D eigenvalue weighted by Crippen LogP contribution is 2.24. The maximum atomic E-state index is 13.0. The van der Waals surface area contributed by atoms with Crippen LogP contribution in [0.25, 0.3) is 0 Å². The van der Waals surface area contributed by atoms with Gasteiger partial charge in [-0.2, -0.15) is 0 Å². The van der Waals surface area contributed by atoms with Gasteiger partial charge in [-0.1, -0.05) is 31.2 Å². The Morgan fingerprint density at radius 3 is 2.10 bits per heavy atom. The molecule has 0 bridgehead atoms. The van der Waals surface area contributed by atoms with Crippen LogP contribution in [-0.2, 0) is 0 Å². The van der Waals surface area contributed by atoms with Crippen molar-refractivity contribution in [2.24, 2.45) is 0 Å². The molecule has 0 spiro atoms. The lowest BCUT2D eigenvalue weighted by Crippen LogP contribution is -2.24. The molecule has 2 atom stereocenters. The molecule has 2 aromatic rings. The van der Waals surface area contributed by atoms with Crippen molar-refractivity contribution in [3.63, 3.8) is 0 Å². The van der Waals surface area contributed by atoms with E-state index in [1.807, 2.05) is 24.3 Å². The van der Waals surface area contributed by atoms with Crippen LogP contribution in [0.1, 0.15) is 43.5 Å². The average Bonchev–Trinajstić information content (AvgIpc) is 2.53. The van der Waals surface area contributed by atoms with E-state index in [1.54, 1.807) is 7.11 Å². The van der Waals surface area contributed by atoms with Crippen LogP contribution in [0.15, 0.2) is 48.5 Å². The first-order chi connectivity index (χ1) is 10.1. The van der Waals surface area contributed by atoms with Crippen molar-refractivity contribution in [3.05, 3.63) is 65.5 Å². The molecule has 21 heavy (non-hydrogen) atoms. The van der Waals surface area contributed by atoms with Crippen molar-refractivity contribution >= 4 is 0 Å². The van der Waals surface area contributed by atoms with Gasteiger partial charge in [-0.05, 0) is 48.7 Å². The fraction of sp³-hybridized carbons (Fsp3) is 0.333. The molecule has 2 rings (SSSR count). The normalized spacial score (nSPS) is 13.7. The summed E-state index contributed by atoms with van der Waals surface area (Å²) in [4.78, 5) is 0. The molecule has 0 radical (unpaired) electrons. The summed E-state index contributed by atoms with van der Waals surface area (Å²) >= 11 is 0. The zero-order valence-electron chi connectivity index (χ0n) is 12.8. The predicted molar refractivity (Wildman–Crippen MR) is 84.0 cm³/mol. The van der Waals surface area contributed by atoms with Gasteiger partial charge >= 0.3 is 0 Å². The van der Waals surface area contributed by atoms with Gasteiger partial charge in [-0.3, -0.25) is 0 Å². The molecule has 0 aliphatic heterocycles. The predicted octanol–water partition coefficient (Wildman–Crippen LogP) is 4.64. The van der Waals surface area contributed by atoms with Crippen LogP contribution in [0.3, 0.4) is 0 Å². The van der Waals surface area contributed by atoms with Crippen LogP contribution in [-0.4, -0.2) is 7.11 Å². The second-order valence-corrected chi connectivity index (χ2v) is 5.17. The van der Waals surface area contributed by atoms with E-state index in [0.29, 0.717) is 0 Å². The average molecular weight is 287 g/mol. The van der Waals surface area contributed by atoms with Gasteiger partial charge in [0.25, 0.3) is 0 Å². The van der Waals surface area contributed by atoms with E-state index in [-0.39, 0.29) is 17.9 Å².